The van der Waals surface area contributed by atoms with Crippen molar-refractivity contribution in [3.8, 4) is 0 Å². The van der Waals surface area contributed by atoms with Gasteiger partial charge in [-0.05, 0) is 30.2 Å². The van der Waals surface area contributed by atoms with E-state index in [4.69, 9.17) is 4.43 Å². The lowest BCUT2D eigenvalue weighted by Crippen LogP contribution is -2.23. The molecular weight excluding hydrogens is 252 g/mol. The van der Waals surface area contributed by atoms with Crippen molar-refractivity contribution >= 4 is 15.7 Å². The third-order valence-electron chi connectivity index (χ3n) is 5.18. The highest BCUT2D eigenvalue weighted by Crippen LogP contribution is 2.43. The molecule has 0 radical (unpaired) electrons. The summed E-state index contributed by atoms with van der Waals surface area (Å²) in [5.41, 5.74) is 0. The first-order valence-electron chi connectivity index (χ1n) is 8.47. The Labute approximate surface area is 120 Å². The van der Waals surface area contributed by atoms with Crippen LogP contribution in [-0.4, -0.2) is 15.7 Å². The van der Waals surface area contributed by atoms with E-state index < -0.39 is 9.76 Å². The van der Waals surface area contributed by atoms with Crippen LogP contribution in [0.3, 0.4) is 0 Å². The molecule has 2 nitrogen and oxygen atoms in total. The normalized spacial score (nSPS) is 22.0. The quantitative estimate of drug-likeness (QED) is 0.663. The summed E-state index contributed by atoms with van der Waals surface area (Å²) in [6.07, 6.45) is 13.0. The molecule has 2 aliphatic rings. The lowest BCUT2D eigenvalue weighted by Gasteiger charge is -2.29. The van der Waals surface area contributed by atoms with Crippen LogP contribution < -0.4 is 0 Å². The van der Waals surface area contributed by atoms with Crippen LogP contribution in [0.5, 0.6) is 0 Å². The molecule has 2 fully saturated rings. The maximum atomic E-state index is 11.5. The summed E-state index contributed by atoms with van der Waals surface area (Å²) in [6, 6.07) is 1.25. The minimum absolute atomic E-state index is 0.0609. The van der Waals surface area contributed by atoms with E-state index in [0.29, 0.717) is 6.42 Å². The number of carbonyl (C=O) groups excluding carboxylic acids is 1. The molecular formula is C16H30O2Si. The lowest BCUT2D eigenvalue weighted by atomic mass is 9.81. The average Bonchev–Trinajstić information content (AvgIpc) is 3.08. The lowest BCUT2D eigenvalue weighted by molar-refractivity contribution is -0.134. The van der Waals surface area contributed by atoms with Gasteiger partial charge in [0.05, 0.1) is 0 Å². The smallest absolute Gasteiger partial charge is 0.292 e. The standard InChI is InChI=1S/C16H30O2Si/c1-2-7-16(17)18-19-12-15(13-8-3-4-9-13)14-10-5-6-11-14/h13-15H,2-12,19H2,1H3. The molecule has 110 valence electrons. The summed E-state index contributed by atoms with van der Waals surface area (Å²) in [5, 5.41) is 0. The van der Waals surface area contributed by atoms with Gasteiger partial charge in [0.15, 0.2) is 0 Å². The molecule has 2 saturated carbocycles. The van der Waals surface area contributed by atoms with Crippen LogP contribution in [0.15, 0.2) is 0 Å². The molecule has 0 atom stereocenters. The zero-order valence-electron chi connectivity index (χ0n) is 12.5. The van der Waals surface area contributed by atoms with Crippen LogP contribution in [0, 0.1) is 17.8 Å². The fourth-order valence-corrected chi connectivity index (χ4v) is 5.92. The van der Waals surface area contributed by atoms with Gasteiger partial charge in [-0.15, -0.1) is 0 Å². The van der Waals surface area contributed by atoms with Gasteiger partial charge >= 0.3 is 0 Å². The highest BCUT2D eigenvalue weighted by Gasteiger charge is 2.33. The Hall–Kier alpha value is -0.313. The van der Waals surface area contributed by atoms with E-state index in [1.807, 2.05) is 6.92 Å². The van der Waals surface area contributed by atoms with E-state index in [0.717, 1.165) is 24.2 Å². The Bertz CT molecular complexity index is 252. The van der Waals surface area contributed by atoms with Gasteiger partial charge in [0, 0.05) is 6.42 Å². The van der Waals surface area contributed by atoms with Crippen LogP contribution >= 0.6 is 0 Å². The molecule has 0 heterocycles. The van der Waals surface area contributed by atoms with Crippen molar-refractivity contribution in [3.63, 3.8) is 0 Å². The van der Waals surface area contributed by atoms with Crippen molar-refractivity contribution in [2.24, 2.45) is 17.8 Å². The van der Waals surface area contributed by atoms with E-state index >= 15 is 0 Å². The zero-order valence-corrected chi connectivity index (χ0v) is 13.9. The monoisotopic (exact) mass is 282 g/mol. The molecule has 0 aromatic heterocycles. The second kappa shape index (κ2) is 8.08. The molecule has 0 aromatic rings. The highest BCUT2D eigenvalue weighted by molar-refractivity contribution is 6.30. The molecule has 0 saturated heterocycles. The van der Waals surface area contributed by atoms with Gasteiger partial charge in [0.1, 0.15) is 0 Å². The predicted molar refractivity (Wildman–Crippen MR) is 81.8 cm³/mol. The summed E-state index contributed by atoms with van der Waals surface area (Å²) in [7, 11) is -0.621. The summed E-state index contributed by atoms with van der Waals surface area (Å²) < 4.78 is 5.53. The summed E-state index contributed by atoms with van der Waals surface area (Å²) in [5.74, 6) is 2.87. The fourth-order valence-electron chi connectivity index (χ4n) is 4.21. The molecule has 3 heteroatoms. The minimum Gasteiger partial charge on any atom is -0.525 e. The van der Waals surface area contributed by atoms with Crippen molar-refractivity contribution in [3.05, 3.63) is 0 Å². The van der Waals surface area contributed by atoms with Crippen molar-refractivity contribution in [2.45, 2.75) is 77.2 Å². The molecule has 0 aromatic carbocycles. The molecule has 0 unspecified atom stereocenters. The number of rotatable bonds is 7. The molecule has 0 amide bonds. The second-order valence-corrected chi connectivity index (χ2v) is 7.79. The van der Waals surface area contributed by atoms with Crippen molar-refractivity contribution in [1.82, 2.24) is 0 Å². The summed E-state index contributed by atoms with van der Waals surface area (Å²) >= 11 is 0. The first-order chi connectivity index (χ1) is 9.31. The van der Waals surface area contributed by atoms with E-state index in [1.54, 1.807) is 0 Å². The molecule has 0 spiro atoms. The number of hydrogen-bond acceptors (Lipinski definition) is 2. The van der Waals surface area contributed by atoms with Crippen LogP contribution in [0.1, 0.15) is 71.1 Å². The maximum Gasteiger partial charge on any atom is 0.292 e. The first-order valence-corrected chi connectivity index (χ1v) is 10.0. The molecule has 2 rings (SSSR count). The molecule has 0 bridgehead atoms. The van der Waals surface area contributed by atoms with Gasteiger partial charge in [0.2, 0.25) is 9.76 Å². The van der Waals surface area contributed by atoms with Crippen molar-refractivity contribution in [2.75, 3.05) is 0 Å². The van der Waals surface area contributed by atoms with E-state index in [1.165, 1.54) is 57.4 Å². The van der Waals surface area contributed by atoms with E-state index in [-0.39, 0.29) is 5.97 Å². The third-order valence-corrected chi connectivity index (χ3v) is 6.61. The van der Waals surface area contributed by atoms with Gasteiger partial charge in [-0.2, -0.15) is 0 Å². The maximum absolute atomic E-state index is 11.5. The molecule has 19 heavy (non-hydrogen) atoms. The van der Waals surface area contributed by atoms with Gasteiger partial charge in [-0.1, -0.05) is 58.3 Å². The van der Waals surface area contributed by atoms with Crippen LogP contribution in [0.25, 0.3) is 0 Å². The minimum atomic E-state index is -0.621. The predicted octanol–water partition coefficient (Wildman–Crippen LogP) is 3.83. The number of hydrogen-bond donors (Lipinski definition) is 0. The van der Waals surface area contributed by atoms with Crippen LogP contribution in [0.2, 0.25) is 6.04 Å². The molecule has 0 N–H and O–H groups in total. The highest BCUT2D eigenvalue weighted by atomic mass is 28.2. The first kappa shape index (κ1) is 15.1. The van der Waals surface area contributed by atoms with Gasteiger partial charge < -0.3 is 4.43 Å². The van der Waals surface area contributed by atoms with Gasteiger partial charge in [0.25, 0.3) is 5.97 Å². The fraction of sp³-hybridized carbons (Fsp3) is 0.938. The Kier molecular flexibility index (Phi) is 6.42. The van der Waals surface area contributed by atoms with E-state index in [9.17, 15) is 4.79 Å². The Morgan fingerprint density at radius 1 is 1.11 bits per heavy atom. The van der Waals surface area contributed by atoms with Crippen LogP contribution in [-0.2, 0) is 9.22 Å². The molecule has 0 aliphatic heterocycles. The zero-order chi connectivity index (χ0) is 13.5. The Balaban J connectivity index is 1.78. The molecule has 2 aliphatic carbocycles. The third kappa shape index (κ3) is 4.62. The van der Waals surface area contributed by atoms with Gasteiger partial charge in [-0.25, -0.2) is 0 Å². The average molecular weight is 282 g/mol. The Morgan fingerprint density at radius 2 is 1.63 bits per heavy atom. The topological polar surface area (TPSA) is 26.3 Å². The summed E-state index contributed by atoms with van der Waals surface area (Å²) in [6.45, 7) is 2.04. The second-order valence-electron chi connectivity index (χ2n) is 6.51. The Morgan fingerprint density at radius 3 is 2.11 bits per heavy atom. The van der Waals surface area contributed by atoms with Crippen molar-refractivity contribution < 1.29 is 9.22 Å². The van der Waals surface area contributed by atoms with Gasteiger partial charge in [-0.3, -0.25) is 4.79 Å². The largest absolute Gasteiger partial charge is 0.525 e. The van der Waals surface area contributed by atoms with Crippen molar-refractivity contribution in [1.29, 1.82) is 0 Å². The summed E-state index contributed by atoms with van der Waals surface area (Å²) in [4.78, 5) is 11.5. The SMILES string of the molecule is CCCC(=O)O[SiH2]CC(C1CCCC1)C1CCCC1. The van der Waals surface area contributed by atoms with E-state index in [2.05, 4.69) is 0 Å². The van der Waals surface area contributed by atoms with Crippen LogP contribution in [0.4, 0.5) is 0 Å². The number of carbonyl (C=O) groups is 1.